The molecule has 1 aromatic heterocycles. The van der Waals surface area contributed by atoms with Crippen LogP contribution in [0.4, 0.5) is 0 Å². The number of rotatable bonds is 3. The summed E-state index contributed by atoms with van der Waals surface area (Å²) in [4.78, 5) is 15.5. The first-order valence-electron chi connectivity index (χ1n) is 9.29. The Morgan fingerprint density at radius 2 is 1.52 bits per heavy atom. The average Bonchev–Trinajstić information content (AvgIpc) is 2.96. The molecule has 4 aromatic rings. The number of nitrogens with zero attached hydrogens (tertiary/aromatic N) is 1. The highest BCUT2D eigenvalue weighted by Crippen LogP contribution is 2.27. The Hall–Kier alpha value is -3.07. The lowest BCUT2D eigenvalue weighted by Crippen LogP contribution is -2.17. The maximum absolute atomic E-state index is 12.5. The van der Waals surface area contributed by atoms with E-state index in [0.29, 0.717) is 6.54 Å². The third-order valence-corrected chi connectivity index (χ3v) is 5.04. The molecule has 1 heterocycles. The van der Waals surface area contributed by atoms with Crippen LogP contribution in [-0.4, -0.2) is 9.55 Å². The molecule has 3 heteroatoms. The predicted molar refractivity (Wildman–Crippen MR) is 112 cm³/mol. The fraction of sp³-hybridized carbons (Fsp3) is 0.208. The Morgan fingerprint density at radius 3 is 2.19 bits per heavy atom. The molecule has 0 bridgehead atoms. The molecule has 0 radical (unpaired) electrons. The van der Waals surface area contributed by atoms with Crippen molar-refractivity contribution in [3.8, 4) is 11.1 Å². The van der Waals surface area contributed by atoms with Gasteiger partial charge in [0.15, 0.2) is 0 Å². The van der Waals surface area contributed by atoms with Crippen LogP contribution in [0.5, 0.6) is 0 Å². The summed E-state index contributed by atoms with van der Waals surface area (Å²) < 4.78 is 1.79. The minimum absolute atomic E-state index is 0.0749. The second-order valence-electron chi connectivity index (χ2n) is 8.06. The van der Waals surface area contributed by atoms with Crippen LogP contribution in [0.1, 0.15) is 31.9 Å². The second kappa shape index (κ2) is 6.58. The monoisotopic (exact) mass is 356 g/mol. The first-order chi connectivity index (χ1) is 12.9. The number of benzene rings is 3. The van der Waals surface area contributed by atoms with E-state index in [1.807, 2.05) is 36.4 Å². The lowest BCUT2D eigenvalue weighted by Gasteiger charge is -2.19. The van der Waals surface area contributed by atoms with E-state index in [1.54, 1.807) is 4.57 Å². The third-order valence-electron chi connectivity index (χ3n) is 5.04. The van der Waals surface area contributed by atoms with E-state index in [-0.39, 0.29) is 11.1 Å². The van der Waals surface area contributed by atoms with E-state index in [9.17, 15) is 4.79 Å². The van der Waals surface area contributed by atoms with Crippen molar-refractivity contribution in [2.24, 2.45) is 0 Å². The summed E-state index contributed by atoms with van der Waals surface area (Å²) in [5.41, 5.74) is 6.55. The van der Waals surface area contributed by atoms with Crippen molar-refractivity contribution >= 4 is 11.0 Å². The molecule has 4 rings (SSSR count). The van der Waals surface area contributed by atoms with Gasteiger partial charge in [-0.1, -0.05) is 81.4 Å². The quantitative estimate of drug-likeness (QED) is 0.528. The van der Waals surface area contributed by atoms with Crippen LogP contribution in [0, 0.1) is 0 Å². The lowest BCUT2D eigenvalue weighted by atomic mass is 9.86. The number of fused-ring (bicyclic) bond motifs is 1. The number of H-pyrrole nitrogens is 1. The molecule has 1 N–H and O–H groups in total. The van der Waals surface area contributed by atoms with Gasteiger partial charge in [0.2, 0.25) is 0 Å². The smallest absolute Gasteiger partial charge is 0.306 e. The van der Waals surface area contributed by atoms with Crippen LogP contribution in [0.15, 0.2) is 77.6 Å². The molecular weight excluding hydrogens is 332 g/mol. The normalized spacial score (nSPS) is 11.8. The zero-order valence-corrected chi connectivity index (χ0v) is 16.0. The maximum Gasteiger partial charge on any atom is 0.326 e. The van der Waals surface area contributed by atoms with Crippen molar-refractivity contribution in [2.45, 2.75) is 32.7 Å². The van der Waals surface area contributed by atoms with Gasteiger partial charge in [-0.25, -0.2) is 4.79 Å². The molecule has 0 fully saturated rings. The van der Waals surface area contributed by atoms with Crippen molar-refractivity contribution in [3.63, 3.8) is 0 Å². The molecular formula is C24H24N2O. The highest BCUT2D eigenvalue weighted by atomic mass is 16.1. The molecule has 0 saturated carbocycles. The highest BCUT2D eigenvalue weighted by molar-refractivity contribution is 5.82. The van der Waals surface area contributed by atoms with Gasteiger partial charge in [-0.05, 0) is 39.8 Å². The fourth-order valence-corrected chi connectivity index (χ4v) is 3.43. The first kappa shape index (κ1) is 17.3. The summed E-state index contributed by atoms with van der Waals surface area (Å²) in [6, 6.07) is 24.9. The van der Waals surface area contributed by atoms with Gasteiger partial charge in [0.05, 0.1) is 17.6 Å². The zero-order chi connectivity index (χ0) is 19.0. The Morgan fingerprint density at radius 1 is 0.852 bits per heavy atom. The number of aromatic amines is 1. The van der Waals surface area contributed by atoms with Crippen molar-refractivity contribution in [3.05, 3.63) is 94.4 Å². The van der Waals surface area contributed by atoms with Crippen LogP contribution in [0.3, 0.4) is 0 Å². The van der Waals surface area contributed by atoms with Crippen LogP contribution < -0.4 is 5.69 Å². The van der Waals surface area contributed by atoms with Crippen molar-refractivity contribution in [1.82, 2.24) is 9.55 Å². The summed E-state index contributed by atoms with van der Waals surface area (Å²) >= 11 is 0. The van der Waals surface area contributed by atoms with Crippen LogP contribution in [0.25, 0.3) is 22.2 Å². The predicted octanol–water partition coefficient (Wildman–Crippen LogP) is 5.34. The SMILES string of the molecule is CC(C)(C)c1ccc(-c2ccc3c(c2)[nH]c(=O)n3Cc2ccccc2)cc1. The van der Waals surface area contributed by atoms with Gasteiger partial charge >= 0.3 is 5.69 Å². The summed E-state index contributed by atoms with van der Waals surface area (Å²) in [6.07, 6.45) is 0. The largest absolute Gasteiger partial charge is 0.326 e. The molecule has 0 unspecified atom stereocenters. The van der Waals surface area contributed by atoms with E-state index >= 15 is 0 Å². The molecule has 0 aliphatic heterocycles. The standard InChI is InChI=1S/C24H24N2O/c1-24(2,3)20-12-9-18(10-13-20)19-11-14-22-21(15-19)25-23(27)26(22)16-17-7-5-4-6-8-17/h4-15H,16H2,1-3H3,(H,25,27). The van der Waals surface area contributed by atoms with E-state index < -0.39 is 0 Å². The lowest BCUT2D eigenvalue weighted by molar-refractivity contribution is 0.590. The molecule has 0 amide bonds. The molecule has 0 atom stereocenters. The first-order valence-corrected chi connectivity index (χ1v) is 9.29. The number of imidazole rings is 1. The fourth-order valence-electron chi connectivity index (χ4n) is 3.43. The van der Waals surface area contributed by atoms with Gasteiger partial charge in [-0.2, -0.15) is 0 Å². The molecule has 3 nitrogen and oxygen atoms in total. The second-order valence-corrected chi connectivity index (χ2v) is 8.06. The van der Waals surface area contributed by atoms with Crippen LogP contribution in [0.2, 0.25) is 0 Å². The van der Waals surface area contributed by atoms with Gasteiger partial charge < -0.3 is 4.98 Å². The van der Waals surface area contributed by atoms with E-state index in [2.05, 4.69) is 62.2 Å². The van der Waals surface area contributed by atoms with Crippen molar-refractivity contribution < 1.29 is 0 Å². The minimum Gasteiger partial charge on any atom is -0.306 e. The average molecular weight is 356 g/mol. The molecule has 0 saturated heterocycles. The van der Waals surface area contributed by atoms with Crippen molar-refractivity contribution in [1.29, 1.82) is 0 Å². The van der Waals surface area contributed by atoms with Gasteiger partial charge in [-0.15, -0.1) is 0 Å². The number of hydrogen-bond donors (Lipinski definition) is 1. The summed E-state index contributed by atoms with van der Waals surface area (Å²) in [5, 5.41) is 0. The Bertz CT molecular complexity index is 1130. The summed E-state index contributed by atoms with van der Waals surface area (Å²) in [5.74, 6) is 0. The van der Waals surface area contributed by atoms with E-state index in [4.69, 9.17) is 0 Å². The summed E-state index contributed by atoms with van der Waals surface area (Å²) in [6.45, 7) is 7.22. The minimum atomic E-state index is -0.0749. The molecule has 0 aliphatic rings. The topological polar surface area (TPSA) is 37.8 Å². The molecule has 27 heavy (non-hydrogen) atoms. The highest BCUT2D eigenvalue weighted by Gasteiger charge is 2.13. The van der Waals surface area contributed by atoms with Crippen LogP contribution in [-0.2, 0) is 12.0 Å². The van der Waals surface area contributed by atoms with Crippen molar-refractivity contribution in [2.75, 3.05) is 0 Å². The van der Waals surface area contributed by atoms with Crippen LogP contribution >= 0.6 is 0 Å². The molecule has 0 aliphatic carbocycles. The van der Waals surface area contributed by atoms with E-state index in [1.165, 1.54) is 5.56 Å². The molecule has 0 spiro atoms. The van der Waals surface area contributed by atoms with E-state index in [0.717, 1.165) is 27.7 Å². The Labute approximate surface area is 159 Å². The summed E-state index contributed by atoms with van der Waals surface area (Å²) in [7, 11) is 0. The zero-order valence-electron chi connectivity index (χ0n) is 16.0. The Kier molecular flexibility index (Phi) is 4.23. The Balaban J connectivity index is 1.70. The van der Waals surface area contributed by atoms with Gasteiger partial charge in [0.1, 0.15) is 0 Å². The molecule has 3 aromatic carbocycles. The number of aromatic nitrogens is 2. The number of nitrogens with one attached hydrogen (secondary N) is 1. The van der Waals surface area contributed by atoms with Gasteiger partial charge in [0.25, 0.3) is 0 Å². The molecule has 136 valence electrons. The van der Waals surface area contributed by atoms with Gasteiger partial charge in [0, 0.05) is 0 Å². The maximum atomic E-state index is 12.5. The number of hydrogen-bond acceptors (Lipinski definition) is 1. The van der Waals surface area contributed by atoms with Gasteiger partial charge in [-0.3, -0.25) is 4.57 Å². The third kappa shape index (κ3) is 3.45.